The highest BCUT2D eigenvalue weighted by Crippen LogP contribution is 2.29. The molecule has 0 aliphatic heterocycles. The van der Waals surface area contributed by atoms with Crippen LogP contribution in [0.5, 0.6) is 17.2 Å². The molecule has 126 valence electrons. The van der Waals surface area contributed by atoms with Crippen molar-refractivity contribution >= 4 is 28.9 Å². The number of hydrogen-bond donors (Lipinski definition) is 2. The third-order valence-corrected chi connectivity index (χ3v) is 3.44. The molecule has 0 saturated carbocycles. The van der Waals surface area contributed by atoms with Crippen LogP contribution in [0, 0.1) is 0 Å². The van der Waals surface area contributed by atoms with Gasteiger partial charge in [-0.2, -0.15) is 0 Å². The van der Waals surface area contributed by atoms with Gasteiger partial charge in [-0.25, -0.2) is 0 Å². The lowest BCUT2D eigenvalue weighted by atomic mass is 10.2. The Morgan fingerprint density at radius 2 is 1.67 bits per heavy atom. The molecule has 0 fully saturated rings. The van der Waals surface area contributed by atoms with E-state index in [1.807, 2.05) is 0 Å². The number of amides is 1. The average molecular weight is 346 g/mol. The van der Waals surface area contributed by atoms with Crippen LogP contribution in [-0.4, -0.2) is 32.3 Å². The Morgan fingerprint density at radius 3 is 2.33 bits per heavy atom. The normalized spacial score (nSPS) is 9.79. The van der Waals surface area contributed by atoms with Gasteiger partial charge in [-0.1, -0.05) is 12.1 Å². The number of thiocarbonyl (C=S) groups is 1. The van der Waals surface area contributed by atoms with Crippen molar-refractivity contribution in [1.82, 2.24) is 5.32 Å². The summed E-state index contributed by atoms with van der Waals surface area (Å²) in [5, 5.41) is 5.69. The minimum absolute atomic E-state index is 0.148. The number of anilines is 1. The minimum atomic E-state index is -0.363. The number of hydrogen-bond acceptors (Lipinski definition) is 5. The van der Waals surface area contributed by atoms with Gasteiger partial charge in [0.2, 0.25) is 0 Å². The van der Waals surface area contributed by atoms with E-state index in [0.717, 1.165) is 0 Å². The first-order chi connectivity index (χ1) is 11.6. The van der Waals surface area contributed by atoms with Crippen LogP contribution in [-0.2, 0) is 0 Å². The zero-order valence-electron chi connectivity index (χ0n) is 13.6. The van der Waals surface area contributed by atoms with Gasteiger partial charge in [-0.3, -0.25) is 10.1 Å². The van der Waals surface area contributed by atoms with Gasteiger partial charge in [-0.05, 0) is 36.5 Å². The molecule has 2 rings (SSSR count). The van der Waals surface area contributed by atoms with Crippen molar-refractivity contribution in [3.8, 4) is 17.2 Å². The van der Waals surface area contributed by atoms with Crippen molar-refractivity contribution in [3.05, 3.63) is 48.0 Å². The summed E-state index contributed by atoms with van der Waals surface area (Å²) in [4.78, 5) is 12.3. The van der Waals surface area contributed by atoms with Crippen LogP contribution in [0.1, 0.15) is 10.4 Å². The summed E-state index contributed by atoms with van der Waals surface area (Å²) >= 11 is 5.19. The monoisotopic (exact) mass is 346 g/mol. The van der Waals surface area contributed by atoms with E-state index in [4.69, 9.17) is 26.4 Å². The second-order valence-corrected chi connectivity index (χ2v) is 5.08. The van der Waals surface area contributed by atoms with E-state index < -0.39 is 0 Å². The number of benzene rings is 2. The number of nitrogens with one attached hydrogen (secondary N) is 2. The summed E-state index contributed by atoms with van der Waals surface area (Å²) in [5.41, 5.74) is 1.01. The van der Waals surface area contributed by atoms with Gasteiger partial charge in [0.25, 0.3) is 5.91 Å². The molecule has 0 aliphatic carbocycles. The predicted molar refractivity (Wildman–Crippen MR) is 96.2 cm³/mol. The minimum Gasteiger partial charge on any atom is -0.497 e. The van der Waals surface area contributed by atoms with Crippen molar-refractivity contribution in [3.63, 3.8) is 0 Å². The standard InChI is InChI=1S/C17H18N2O4S/c1-21-11-8-9-13(15(10-11)23-3)18-17(24)19-16(20)12-6-4-5-7-14(12)22-2/h4-10H,1-3H3,(H2,18,19,20,24). The lowest BCUT2D eigenvalue weighted by molar-refractivity contribution is 0.0975. The van der Waals surface area contributed by atoms with Crippen LogP contribution in [0.15, 0.2) is 42.5 Å². The first-order valence-electron chi connectivity index (χ1n) is 7.06. The second-order valence-electron chi connectivity index (χ2n) is 4.67. The number of rotatable bonds is 5. The first kappa shape index (κ1) is 17.6. The number of carbonyl (C=O) groups is 1. The van der Waals surface area contributed by atoms with E-state index in [9.17, 15) is 4.79 Å². The molecule has 0 atom stereocenters. The van der Waals surface area contributed by atoms with Gasteiger partial charge in [0.05, 0.1) is 32.6 Å². The molecule has 0 aliphatic rings. The molecule has 0 unspecified atom stereocenters. The number of para-hydroxylation sites is 1. The van der Waals surface area contributed by atoms with Gasteiger partial charge in [0.15, 0.2) is 5.11 Å². The zero-order chi connectivity index (χ0) is 17.5. The van der Waals surface area contributed by atoms with Crippen molar-refractivity contribution in [1.29, 1.82) is 0 Å². The maximum absolute atomic E-state index is 12.3. The molecular weight excluding hydrogens is 328 g/mol. The van der Waals surface area contributed by atoms with Crippen LogP contribution < -0.4 is 24.8 Å². The maximum Gasteiger partial charge on any atom is 0.261 e. The zero-order valence-corrected chi connectivity index (χ0v) is 14.4. The van der Waals surface area contributed by atoms with E-state index in [1.54, 1.807) is 49.6 Å². The molecule has 0 spiro atoms. The lowest BCUT2D eigenvalue weighted by Gasteiger charge is -2.14. The molecule has 0 radical (unpaired) electrons. The van der Waals surface area contributed by atoms with Gasteiger partial charge < -0.3 is 19.5 Å². The van der Waals surface area contributed by atoms with Gasteiger partial charge >= 0.3 is 0 Å². The number of carbonyl (C=O) groups excluding carboxylic acids is 1. The fraction of sp³-hybridized carbons (Fsp3) is 0.176. The van der Waals surface area contributed by atoms with Crippen LogP contribution in [0.4, 0.5) is 5.69 Å². The van der Waals surface area contributed by atoms with E-state index in [0.29, 0.717) is 28.5 Å². The highest BCUT2D eigenvalue weighted by Gasteiger charge is 2.14. The molecule has 2 aromatic carbocycles. The van der Waals surface area contributed by atoms with E-state index in [2.05, 4.69) is 10.6 Å². The summed E-state index contributed by atoms with van der Waals surface area (Å²) in [6.07, 6.45) is 0. The summed E-state index contributed by atoms with van der Waals surface area (Å²) in [6, 6.07) is 12.1. The van der Waals surface area contributed by atoms with E-state index >= 15 is 0 Å². The van der Waals surface area contributed by atoms with Gasteiger partial charge in [0.1, 0.15) is 17.2 Å². The summed E-state index contributed by atoms with van der Waals surface area (Å²) < 4.78 is 15.6. The Bertz CT molecular complexity index is 749. The number of ether oxygens (including phenoxy) is 3. The Hall–Kier alpha value is -2.80. The molecule has 0 heterocycles. The second kappa shape index (κ2) is 8.16. The largest absolute Gasteiger partial charge is 0.497 e. The third-order valence-electron chi connectivity index (χ3n) is 3.24. The molecule has 2 N–H and O–H groups in total. The van der Waals surface area contributed by atoms with Crippen LogP contribution in [0.2, 0.25) is 0 Å². The van der Waals surface area contributed by atoms with Crippen molar-refractivity contribution < 1.29 is 19.0 Å². The van der Waals surface area contributed by atoms with Crippen molar-refractivity contribution in [2.45, 2.75) is 0 Å². The van der Waals surface area contributed by atoms with Crippen molar-refractivity contribution in [2.24, 2.45) is 0 Å². The molecule has 0 bridgehead atoms. The Labute approximate surface area is 145 Å². The Balaban J connectivity index is 2.09. The van der Waals surface area contributed by atoms with Crippen LogP contribution in [0.3, 0.4) is 0 Å². The summed E-state index contributed by atoms with van der Waals surface area (Å²) in [5.74, 6) is 1.31. The fourth-order valence-corrected chi connectivity index (χ4v) is 2.26. The van der Waals surface area contributed by atoms with E-state index in [1.165, 1.54) is 14.2 Å². The molecule has 24 heavy (non-hydrogen) atoms. The highest BCUT2D eigenvalue weighted by atomic mass is 32.1. The number of methoxy groups -OCH3 is 3. The van der Waals surface area contributed by atoms with Crippen LogP contribution in [0.25, 0.3) is 0 Å². The maximum atomic E-state index is 12.3. The predicted octanol–water partition coefficient (Wildman–Crippen LogP) is 2.84. The van der Waals surface area contributed by atoms with Crippen molar-refractivity contribution in [2.75, 3.05) is 26.6 Å². The molecule has 7 heteroatoms. The summed E-state index contributed by atoms with van der Waals surface area (Å²) in [6.45, 7) is 0. The lowest BCUT2D eigenvalue weighted by Crippen LogP contribution is -2.34. The van der Waals surface area contributed by atoms with Gasteiger partial charge in [-0.15, -0.1) is 0 Å². The van der Waals surface area contributed by atoms with Crippen LogP contribution >= 0.6 is 12.2 Å². The molecule has 6 nitrogen and oxygen atoms in total. The first-order valence-corrected chi connectivity index (χ1v) is 7.47. The average Bonchev–Trinajstić information content (AvgIpc) is 2.61. The molecule has 0 saturated heterocycles. The Morgan fingerprint density at radius 1 is 0.958 bits per heavy atom. The highest BCUT2D eigenvalue weighted by molar-refractivity contribution is 7.80. The quantitative estimate of drug-likeness (QED) is 0.812. The summed E-state index contributed by atoms with van der Waals surface area (Å²) in [7, 11) is 4.61. The fourth-order valence-electron chi connectivity index (χ4n) is 2.06. The molecular formula is C17H18N2O4S. The molecule has 1 amide bonds. The van der Waals surface area contributed by atoms with E-state index in [-0.39, 0.29) is 11.0 Å². The topological polar surface area (TPSA) is 68.8 Å². The third kappa shape index (κ3) is 4.14. The SMILES string of the molecule is COc1ccc(NC(=S)NC(=O)c2ccccc2OC)c(OC)c1. The molecule has 0 aromatic heterocycles. The smallest absolute Gasteiger partial charge is 0.261 e. The molecule has 2 aromatic rings. The Kier molecular flexibility index (Phi) is 5.97. The van der Waals surface area contributed by atoms with Gasteiger partial charge in [0, 0.05) is 6.07 Å².